The molecule has 1 atom stereocenters. The minimum atomic E-state index is 0. The zero-order valence-electron chi connectivity index (χ0n) is 8.84. The van der Waals surface area contributed by atoms with Gasteiger partial charge in [0.15, 0.2) is 0 Å². The third-order valence-electron chi connectivity index (χ3n) is 2.24. The van der Waals surface area contributed by atoms with Crippen molar-refractivity contribution in [3.8, 4) is 0 Å². The van der Waals surface area contributed by atoms with Crippen LogP contribution in [0, 0.1) is 0 Å². The number of rotatable bonds is 3. The molecule has 0 saturated carbocycles. The van der Waals surface area contributed by atoms with Crippen LogP contribution in [0.1, 0.15) is 12.0 Å². The van der Waals surface area contributed by atoms with Crippen molar-refractivity contribution in [3.05, 3.63) is 39.2 Å². The van der Waals surface area contributed by atoms with Gasteiger partial charge in [0.05, 0.1) is 22.8 Å². The molecule has 2 nitrogen and oxygen atoms in total. The average Bonchev–Trinajstić information content (AvgIpc) is 3.02. The summed E-state index contributed by atoms with van der Waals surface area (Å²) >= 11 is 11.7. The van der Waals surface area contributed by atoms with Crippen LogP contribution in [0.15, 0.2) is 18.2 Å². The van der Waals surface area contributed by atoms with Gasteiger partial charge in [-0.3, -0.25) is 5.87 Å². The predicted molar refractivity (Wildman–Crippen MR) is 62.6 cm³/mol. The molecular weight excluding hydrogens is 256 g/mol. The van der Waals surface area contributed by atoms with Gasteiger partial charge in [-0.2, -0.15) is 0 Å². The number of halogens is 2. The fraction of sp³-hybridized carbons (Fsp3) is 0.273. The largest absolute Gasteiger partial charge is 1.00 e. The smallest absolute Gasteiger partial charge is 0.763 e. The second-order valence-electron chi connectivity index (χ2n) is 3.38. The van der Waals surface area contributed by atoms with Gasteiger partial charge in [-0.1, -0.05) is 29.3 Å². The van der Waals surface area contributed by atoms with Gasteiger partial charge in [-0.05, 0) is 23.3 Å². The second kappa shape index (κ2) is 6.23. The molecule has 5 heteroatoms. The number of hydrogen-bond acceptors (Lipinski definition) is 1. The van der Waals surface area contributed by atoms with Crippen LogP contribution in [0.5, 0.6) is 0 Å². The van der Waals surface area contributed by atoms with E-state index >= 15 is 0 Å². The van der Waals surface area contributed by atoms with Crippen molar-refractivity contribution in [1.82, 2.24) is 0 Å². The van der Waals surface area contributed by atoms with Gasteiger partial charge < -0.3 is 10.1 Å². The Kier molecular flexibility index (Phi) is 5.55. The summed E-state index contributed by atoms with van der Waals surface area (Å²) in [5, 5.41) is 9.97. The Balaban J connectivity index is 0.00000128. The standard InChI is InChI=1S/C11H8Cl2NO.Na/c12-10-2-1-7(4-11(10)13)8(5-14)3-9-6-15-9;/h1-2,4,9H,3,6H2;/q-1;+1/t9-;/m0./s1. The zero-order chi connectivity index (χ0) is 10.8. The molecule has 1 saturated heterocycles. The maximum absolute atomic E-state index is 9.00. The van der Waals surface area contributed by atoms with Crippen molar-refractivity contribution in [2.24, 2.45) is 0 Å². The van der Waals surface area contributed by atoms with Crippen LogP contribution < -0.4 is 29.6 Å². The molecule has 0 amide bonds. The minimum Gasteiger partial charge on any atom is -0.763 e. The summed E-state index contributed by atoms with van der Waals surface area (Å²) in [4.78, 5) is 0. The van der Waals surface area contributed by atoms with Crippen molar-refractivity contribution in [1.29, 1.82) is 0 Å². The third-order valence-corrected chi connectivity index (χ3v) is 2.98. The molecule has 78 valence electrons. The second-order valence-corrected chi connectivity index (χ2v) is 4.19. The number of hydrogen-bond donors (Lipinski definition) is 0. The number of ether oxygens (including phenoxy) is 1. The SMILES string of the molecule is [N-]=C=C(C[C@H]1CO1)c1ccc(Cl)c(Cl)c1.[Na+]. The summed E-state index contributed by atoms with van der Waals surface area (Å²) in [5.74, 6) is 2.17. The molecular formula is C11H8Cl2NNaO. The molecule has 1 fully saturated rings. The van der Waals surface area contributed by atoms with E-state index in [0.29, 0.717) is 22.0 Å². The van der Waals surface area contributed by atoms with Crippen molar-refractivity contribution in [2.45, 2.75) is 12.5 Å². The fourth-order valence-electron chi connectivity index (χ4n) is 1.33. The summed E-state index contributed by atoms with van der Waals surface area (Å²) in [5.41, 5.74) is 1.51. The van der Waals surface area contributed by atoms with Gasteiger partial charge in [0.2, 0.25) is 0 Å². The quantitative estimate of drug-likeness (QED) is 0.442. The fourth-order valence-corrected chi connectivity index (χ4v) is 1.62. The molecule has 2 rings (SSSR count). The molecule has 0 unspecified atom stereocenters. The summed E-state index contributed by atoms with van der Waals surface area (Å²) in [6.07, 6.45) is 0.850. The Hall–Kier alpha value is 0.210. The monoisotopic (exact) mass is 263 g/mol. The summed E-state index contributed by atoms with van der Waals surface area (Å²) in [6.45, 7) is 0.743. The normalized spacial score (nSPS) is 17.2. The van der Waals surface area contributed by atoms with Crippen LogP contribution >= 0.6 is 23.2 Å². The maximum atomic E-state index is 9.00. The molecule has 0 aliphatic carbocycles. The Labute approximate surface area is 126 Å². The van der Waals surface area contributed by atoms with E-state index in [0.717, 1.165) is 12.2 Å². The van der Waals surface area contributed by atoms with E-state index in [1.807, 2.05) is 0 Å². The Morgan fingerprint density at radius 3 is 2.62 bits per heavy atom. The van der Waals surface area contributed by atoms with E-state index in [2.05, 4.69) is 5.87 Å². The predicted octanol–water partition coefficient (Wildman–Crippen LogP) is 0.409. The Morgan fingerprint density at radius 2 is 2.12 bits per heavy atom. The van der Waals surface area contributed by atoms with Gasteiger partial charge >= 0.3 is 29.6 Å². The van der Waals surface area contributed by atoms with E-state index in [1.165, 1.54) is 0 Å². The van der Waals surface area contributed by atoms with Crippen molar-refractivity contribution in [3.63, 3.8) is 0 Å². The van der Waals surface area contributed by atoms with E-state index in [-0.39, 0.29) is 35.7 Å². The number of benzene rings is 1. The molecule has 1 heterocycles. The molecule has 0 aromatic heterocycles. The van der Waals surface area contributed by atoms with Crippen LogP contribution in [0.25, 0.3) is 11.0 Å². The molecule has 16 heavy (non-hydrogen) atoms. The summed E-state index contributed by atoms with van der Waals surface area (Å²) in [6, 6.07) is 5.21. The third kappa shape index (κ3) is 3.61. The first-order chi connectivity index (χ1) is 7.20. The van der Waals surface area contributed by atoms with Crippen LogP contribution in [0.4, 0.5) is 0 Å². The van der Waals surface area contributed by atoms with Crippen LogP contribution in [0.2, 0.25) is 10.0 Å². The Bertz CT molecular complexity index is 440. The summed E-state index contributed by atoms with van der Waals surface area (Å²) in [7, 11) is 0. The van der Waals surface area contributed by atoms with Crippen LogP contribution in [-0.2, 0) is 4.74 Å². The van der Waals surface area contributed by atoms with E-state index in [9.17, 15) is 0 Å². The first kappa shape index (κ1) is 14.3. The van der Waals surface area contributed by atoms with Crippen LogP contribution in [-0.4, -0.2) is 18.6 Å². The van der Waals surface area contributed by atoms with Crippen molar-refractivity contribution < 1.29 is 34.3 Å². The maximum Gasteiger partial charge on any atom is 1.00 e. The summed E-state index contributed by atoms with van der Waals surface area (Å²) < 4.78 is 5.09. The van der Waals surface area contributed by atoms with Gasteiger partial charge in [0.25, 0.3) is 0 Å². The first-order valence-electron chi connectivity index (χ1n) is 4.53. The Morgan fingerprint density at radius 1 is 1.44 bits per heavy atom. The first-order valence-corrected chi connectivity index (χ1v) is 5.29. The molecule has 1 aromatic carbocycles. The molecule has 0 N–H and O–H groups in total. The van der Waals surface area contributed by atoms with Crippen LogP contribution in [0.3, 0.4) is 0 Å². The van der Waals surface area contributed by atoms with E-state index in [1.54, 1.807) is 18.2 Å². The molecule has 0 bridgehead atoms. The van der Waals surface area contributed by atoms with E-state index in [4.69, 9.17) is 33.3 Å². The molecule has 1 aliphatic rings. The molecule has 1 aliphatic heterocycles. The number of epoxide rings is 1. The van der Waals surface area contributed by atoms with Crippen molar-refractivity contribution in [2.75, 3.05) is 6.61 Å². The van der Waals surface area contributed by atoms with Gasteiger partial charge in [0, 0.05) is 6.42 Å². The van der Waals surface area contributed by atoms with Gasteiger partial charge in [0.1, 0.15) is 0 Å². The molecule has 1 aromatic rings. The number of nitrogens with zero attached hydrogens (tertiary/aromatic N) is 1. The molecule has 0 spiro atoms. The average molecular weight is 264 g/mol. The molecule has 0 radical (unpaired) electrons. The van der Waals surface area contributed by atoms with Crippen molar-refractivity contribution >= 4 is 34.6 Å². The topological polar surface area (TPSA) is 34.8 Å². The van der Waals surface area contributed by atoms with Gasteiger partial charge in [-0.15, -0.1) is 0 Å². The van der Waals surface area contributed by atoms with E-state index < -0.39 is 0 Å². The zero-order valence-corrected chi connectivity index (χ0v) is 12.3. The minimum absolute atomic E-state index is 0. The van der Waals surface area contributed by atoms with Gasteiger partial charge in [-0.25, -0.2) is 0 Å².